The third-order valence-electron chi connectivity index (χ3n) is 21.5. The number of ketones is 2. The van der Waals surface area contributed by atoms with Crippen molar-refractivity contribution in [2.75, 3.05) is 52.7 Å². The van der Waals surface area contributed by atoms with Gasteiger partial charge in [-0.05, 0) is 196 Å². The number of amides is 1. The zero-order valence-corrected chi connectivity index (χ0v) is 90.1. The summed E-state index contributed by atoms with van der Waals surface area (Å²) in [7, 11) is 0. The van der Waals surface area contributed by atoms with Gasteiger partial charge in [0.05, 0.1) is 96.1 Å². The summed E-state index contributed by atoms with van der Waals surface area (Å²) in [5.41, 5.74) is 17.9. The molecule has 0 spiro atoms. The van der Waals surface area contributed by atoms with E-state index < -0.39 is 23.1 Å². The molecular formula is C109H173ClKN11O20. The number of piperidine rings is 1. The molecule has 7 aromatic rings. The molecule has 0 radical (unpaired) electrons. The first-order valence-corrected chi connectivity index (χ1v) is 47.0. The van der Waals surface area contributed by atoms with Crippen LogP contribution in [0.3, 0.4) is 0 Å². The van der Waals surface area contributed by atoms with Gasteiger partial charge >= 0.3 is 93.3 Å². The van der Waals surface area contributed by atoms with Crippen molar-refractivity contribution < 1.29 is 138 Å². The number of aromatic nitrogens is 4. The van der Waals surface area contributed by atoms with Crippen LogP contribution >= 0.6 is 12.4 Å². The third kappa shape index (κ3) is 60.0. The monoisotopic (exact) mass is 2030 g/mol. The summed E-state index contributed by atoms with van der Waals surface area (Å²) in [6.45, 7) is 47.2. The van der Waals surface area contributed by atoms with Gasteiger partial charge in [0.25, 0.3) is 11.1 Å². The van der Waals surface area contributed by atoms with Crippen LogP contribution in [0, 0.1) is 17.2 Å². The number of hydrogen-bond acceptors (Lipinski definition) is 27. The summed E-state index contributed by atoms with van der Waals surface area (Å²) >= 11 is 0. The Morgan fingerprint density at radius 1 is 0.521 bits per heavy atom. The Balaban J connectivity index is -0.000000373. The second-order valence-corrected chi connectivity index (χ2v) is 35.0. The van der Waals surface area contributed by atoms with Crippen LogP contribution in [0.5, 0.6) is 0 Å². The van der Waals surface area contributed by atoms with Crippen LogP contribution in [0.4, 0.5) is 4.79 Å². The Kier molecular flexibility index (Phi) is 80.0. The van der Waals surface area contributed by atoms with Gasteiger partial charge in [-0.15, -0.1) is 18.0 Å². The molecule has 0 saturated carbocycles. The minimum Gasteiger partial charge on any atom is -0.850 e. The summed E-state index contributed by atoms with van der Waals surface area (Å²) in [5, 5.41) is 16.0. The Morgan fingerprint density at radius 3 is 1.27 bits per heavy atom. The van der Waals surface area contributed by atoms with Crippen molar-refractivity contribution in [3.8, 4) is 0 Å². The number of H-pyrrole nitrogens is 2. The Hall–Kier alpha value is -9.84. The first-order valence-electron chi connectivity index (χ1n) is 47.0. The Bertz CT molecular complexity index is 4740. The van der Waals surface area contributed by atoms with Gasteiger partial charge in [-0.1, -0.05) is 216 Å². The number of carbonyl (C=O) groups excluding carboxylic acids is 10. The zero-order valence-electron chi connectivity index (χ0n) is 86.1. The average Bonchev–Trinajstić information content (AvgIpc) is 0.806. The van der Waals surface area contributed by atoms with Gasteiger partial charge in [-0.2, -0.15) is 0 Å². The number of rotatable bonds is 30. The van der Waals surface area contributed by atoms with E-state index >= 15 is 0 Å². The fourth-order valence-electron chi connectivity index (χ4n) is 14.4. The summed E-state index contributed by atoms with van der Waals surface area (Å²) < 4.78 is 34.2. The number of Topliss-reactive ketones (excluding diaryl/α,β-unsaturated/α-hetero) is 2. The number of halogens is 1. The maximum Gasteiger partial charge on any atom is 1.00 e. The van der Waals surface area contributed by atoms with Gasteiger partial charge in [-0.25, -0.2) is 19.6 Å². The number of fused-ring (bicyclic) bond motifs is 2. The molecule has 11 atom stereocenters. The van der Waals surface area contributed by atoms with E-state index in [0.717, 1.165) is 49.0 Å². The normalized spacial score (nSPS) is 15.4. The number of aldehydes is 1. The fourth-order valence-corrected chi connectivity index (χ4v) is 14.4. The van der Waals surface area contributed by atoms with Crippen LogP contribution in [-0.4, -0.2) is 194 Å². The zero-order chi connectivity index (χ0) is 103. The number of nitrogens with one attached hydrogen (secondary N) is 3. The first-order chi connectivity index (χ1) is 64.3. The van der Waals surface area contributed by atoms with E-state index in [-0.39, 0.29) is 214 Å². The van der Waals surface area contributed by atoms with E-state index in [4.69, 9.17) is 34.8 Å². The average molecular weight is 2030 g/mol. The molecular weight excluding hydrogens is 1860 g/mol. The predicted molar refractivity (Wildman–Crippen MR) is 562 cm³/mol. The summed E-state index contributed by atoms with van der Waals surface area (Å²) in [6, 6.07) is 52.4. The molecule has 7 N–H and O–H groups in total. The molecule has 33 heteroatoms. The molecule has 10 rings (SSSR count). The van der Waals surface area contributed by atoms with Crippen LogP contribution in [-0.2, 0) is 102 Å². The maximum atomic E-state index is 12.3. The van der Waals surface area contributed by atoms with E-state index in [1.807, 2.05) is 139 Å². The van der Waals surface area contributed by atoms with Gasteiger partial charge in [0.1, 0.15) is 17.3 Å². The van der Waals surface area contributed by atoms with Gasteiger partial charge in [-0.3, -0.25) is 68.2 Å². The molecule has 792 valence electrons. The van der Waals surface area contributed by atoms with Gasteiger partial charge in [0, 0.05) is 91.7 Å². The maximum absolute atomic E-state index is 12.3. The number of ether oxygens (including phenoxy) is 7. The van der Waals surface area contributed by atoms with Crippen molar-refractivity contribution in [1.29, 1.82) is 5.41 Å². The Morgan fingerprint density at radius 2 is 0.887 bits per heavy atom. The predicted octanol–water partition coefficient (Wildman–Crippen LogP) is 15.9. The number of hydrogen-bond donors (Lipinski definition) is 5. The number of nitrogens with two attached hydrogens (primary N) is 2. The summed E-state index contributed by atoms with van der Waals surface area (Å²) in [4.78, 5) is 157. The van der Waals surface area contributed by atoms with Crippen molar-refractivity contribution in [3.63, 3.8) is 0 Å². The van der Waals surface area contributed by atoms with Crippen LogP contribution in [0.25, 0.3) is 0 Å². The quantitative estimate of drug-likeness (QED) is 0.00408. The SMILES string of the molecule is C.C.C.C.CC(C)(C)[O-].CC(N)c1ccccc1.CC1Cc2c(nc[nH]c2=O)CN1C(=O)OC(C)(C)C.CC1Cc2c(nc[nH]c2=O)CN1C(C)c1ccccc1.CCOC(=O)C1CC(C)N(C(C)c2ccccc2)CC1=O.CCOC(=O)C=O.CCOC(=O)CCC(C)=O.CCOC(=O)CCC(C)CC(C)c1ccccc1.CCOC(=O)CCC(C)N(CC(=O)OCC)C(C)c1ccccc1.Cl.N=CN.[K+]. The minimum absolute atomic E-state index is 0. The number of aromatic amines is 2. The standard InChI is InChI=1S/C19H29NO4.C17H23NO3.C16H19N3O.C16H24O2.C13H19N3O3.C8H11N.C7H12O3.C4H6O3.C4H9O.CH4N2.4CH4.ClH.K/c1-5-23-18(21)13-12-15(3)20(14-19(22)24-6-2)16(4)17-10-8-7-9-11-17;1-4-21-17(20)15-10-12(2)18(11-16(15)19)13(3)14-8-6-5-7-9-14;1-11-8-14-15(17-10-18-16(14)20)9-19(11)12(2)13-6-4-3-5-7-13;1-4-18-16(17)11-10-13(2)12-14(3)15-8-6-5-7-9-15;1-8-5-9-10(14-7-15-11(9)17)6-16(8)12(18)19-13(2,3)4;1-7(9)8-5-3-2-4-6-8;1-3-10-7(9)5-4-6(2)8;1-2-7-4(6)3-5;1-4(2,3)5;2-1-3;;;;;;/h7-11,15-16H,5-6,12-14H2,1-4H3;5-9,12-13,15H,4,10-11H2,1-3H3;3-7,10-12H,8-9H2,1-2H3,(H,17,18,20);5-9,13-14H,4,10-12H2,1-3H3;7-8H,5-6H2,1-4H3,(H,14,15,17);2-7H,9H2,1H3;3-5H2,1-2H3;3H,2H2,1H3;1-3H3;1H,(H3,2,3);4*1H4;1H;/q;;;;;;;;-1;;;;;;;+1. The molecule has 1 saturated heterocycles. The molecule has 5 heterocycles. The molecule has 0 bridgehead atoms. The second-order valence-electron chi connectivity index (χ2n) is 35.0. The molecule has 142 heavy (non-hydrogen) atoms. The molecule has 31 nitrogen and oxygen atoms in total. The molecule has 0 aliphatic carbocycles. The van der Waals surface area contributed by atoms with Crippen molar-refractivity contribution in [2.45, 2.75) is 332 Å². The Labute approximate surface area is 897 Å². The smallest absolute Gasteiger partial charge is 0.850 e. The van der Waals surface area contributed by atoms with Crippen molar-refractivity contribution in [2.24, 2.45) is 23.3 Å². The summed E-state index contributed by atoms with van der Waals surface area (Å²) in [5.74, 6) is -1.51. The number of benzene rings is 5. The van der Waals surface area contributed by atoms with Crippen LogP contribution in [0.2, 0.25) is 0 Å². The minimum atomic E-state index is -0.803. The van der Waals surface area contributed by atoms with E-state index in [0.29, 0.717) is 120 Å². The van der Waals surface area contributed by atoms with E-state index in [1.165, 1.54) is 41.8 Å². The van der Waals surface area contributed by atoms with E-state index in [9.17, 15) is 62.6 Å². The molecule has 1 fully saturated rings. The molecule has 11 unspecified atom stereocenters. The van der Waals surface area contributed by atoms with Crippen molar-refractivity contribution >= 4 is 78.5 Å². The molecule has 3 aliphatic heterocycles. The van der Waals surface area contributed by atoms with Gasteiger partial charge in [0.15, 0.2) is 5.78 Å². The number of likely N-dealkylation sites (tertiary alicyclic amines) is 1. The van der Waals surface area contributed by atoms with Gasteiger partial charge < -0.3 is 64.5 Å². The molecule has 2 aromatic heterocycles. The van der Waals surface area contributed by atoms with Crippen LogP contribution < -0.4 is 79.1 Å². The van der Waals surface area contributed by atoms with E-state index in [1.54, 1.807) is 60.3 Å². The number of esters is 6. The first kappa shape index (κ1) is 143. The molecule has 1 amide bonds. The topological polar surface area (TPSA) is 439 Å². The van der Waals surface area contributed by atoms with E-state index in [2.05, 4.69) is 159 Å². The second kappa shape index (κ2) is 79.5. The van der Waals surface area contributed by atoms with Crippen LogP contribution in [0.1, 0.15) is 321 Å². The number of nitrogens with zero attached hydrogens (tertiary/aromatic N) is 6. The largest absolute Gasteiger partial charge is 1.00 e. The van der Waals surface area contributed by atoms with Crippen molar-refractivity contribution in [1.82, 2.24) is 39.5 Å². The van der Waals surface area contributed by atoms with Crippen molar-refractivity contribution in [3.05, 3.63) is 235 Å². The van der Waals surface area contributed by atoms with Gasteiger partial charge in [0.2, 0.25) is 6.29 Å². The molecule has 5 aromatic carbocycles. The summed E-state index contributed by atoms with van der Waals surface area (Å²) in [6.07, 6.45) is 9.23. The fraction of sp³-hybridized carbons (Fsp3) is 0.550. The third-order valence-corrected chi connectivity index (χ3v) is 21.5. The molecule has 3 aliphatic rings. The number of carbonyl (C=O) groups is 10. The van der Waals surface area contributed by atoms with Crippen LogP contribution in [0.15, 0.2) is 174 Å².